The van der Waals surface area contributed by atoms with Gasteiger partial charge in [0.15, 0.2) is 0 Å². The molecule has 3 rings (SSSR count). The minimum Gasteiger partial charge on any atom is -0.391 e. The summed E-state index contributed by atoms with van der Waals surface area (Å²) in [6, 6.07) is 12.3. The lowest BCUT2D eigenvalue weighted by Crippen LogP contribution is -2.36. The van der Waals surface area contributed by atoms with Gasteiger partial charge in [-0.05, 0) is 12.1 Å². The van der Waals surface area contributed by atoms with E-state index in [9.17, 15) is 10.1 Å². The van der Waals surface area contributed by atoms with E-state index >= 15 is 0 Å². The molecule has 0 aliphatic carbocycles. The Bertz CT molecular complexity index is 807. The zero-order chi connectivity index (χ0) is 18.4. The summed E-state index contributed by atoms with van der Waals surface area (Å²) in [4.78, 5) is 18.2. The third-order valence-corrected chi connectivity index (χ3v) is 4.37. The SMILES string of the molecule is O=[N+]([O-])c1cc(/C=N\OCc2ccccc2Cl)ccc1N1CCOCC1. The fraction of sp³-hybridized carbons (Fsp3) is 0.278. The second kappa shape index (κ2) is 8.64. The monoisotopic (exact) mass is 375 g/mol. The van der Waals surface area contributed by atoms with Gasteiger partial charge in [-0.1, -0.05) is 41.0 Å². The highest BCUT2D eigenvalue weighted by Gasteiger charge is 2.21. The van der Waals surface area contributed by atoms with Crippen LogP contribution in [0.25, 0.3) is 0 Å². The Morgan fingerprint density at radius 3 is 2.77 bits per heavy atom. The first-order valence-corrected chi connectivity index (χ1v) is 8.53. The lowest BCUT2D eigenvalue weighted by Gasteiger charge is -2.28. The van der Waals surface area contributed by atoms with Crippen LogP contribution in [0.15, 0.2) is 47.6 Å². The van der Waals surface area contributed by atoms with Gasteiger partial charge in [-0.3, -0.25) is 10.1 Å². The molecule has 136 valence electrons. The van der Waals surface area contributed by atoms with E-state index in [1.165, 1.54) is 12.3 Å². The Balaban J connectivity index is 1.69. The van der Waals surface area contributed by atoms with Crippen LogP contribution in [-0.4, -0.2) is 37.4 Å². The highest BCUT2D eigenvalue weighted by molar-refractivity contribution is 6.31. The summed E-state index contributed by atoms with van der Waals surface area (Å²) >= 11 is 6.05. The number of nitrogens with zero attached hydrogens (tertiary/aromatic N) is 3. The van der Waals surface area contributed by atoms with Crippen LogP contribution in [0.4, 0.5) is 11.4 Å². The van der Waals surface area contributed by atoms with E-state index in [4.69, 9.17) is 21.2 Å². The molecule has 7 nitrogen and oxygen atoms in total. The number of nitro groups is 1. The van der Waals surface area contributed by atoms with E-state index in [2.05, 4.69) is 5.16 Å². The predicted octanol–water partition coefficient (Wildman–Crippen LogP) is 3.64. The van der Waals surface area contributed by atoms with Crippen molar-refractivity contribution in [3.05, 3.63) is 68.7 Å². The number of ether oxygens (including phenoxy) is 1. The predicted molar refractivity (Wildman–Crippen MR) is 100.0 cm³/mol. The summed E-state index contributed by atoms with van der Waals surface area (Å²) in [6.45, 7) is 2.63. The number of halogens is 1. The number of rotatable bonds is 6. The Morgan fingerprint density at radius 2 is 2.04 bits per heavy atom. The summed E-state index contributed by atoms with van der Waals surface area (Å²) in [5.74, 6) is 0. The summed E-state index contributed by atoms with van der Waals surface area (Å²) < 4.78 is 5.30. The minimum atomic E-state index is -0.382. The third-order valence-electron chi connectivity index (χ3n) is 4.00. The molecule has 0 N–H and O–H groups in total. The van der Waals surface area contributed by atoms with Crippen LogP contribution in [0.5, 0.6) is 0 Å². The Hall–Kier alpha value is -2.64. The summed E-state index contributed by atoms with van der Waals surface area (Å²) in [7, 11) is 0. The first-order chi connectivity index (χ1) is 12.6. The smallest absolute Gasteiger partial charge is 0.293 e. The molecule has 26 heavy (non-hydrogen) atoms. The van der Waals surface area contributed by atoms with Crippen molar-refractivity contribution >= 4 is 29.2 Å². The number of oxime groups is 1. The van der Waals surface area contributed by atoms with Crippen LogP contribution in [0.1, 0.15) is 11.1 Å². The van der Waals surface area contributed by atoms with E-state index in [-0.39, 0.29) is 17.2 Å². The molecule has 0 bridgehead atoms. The van der Waals surface area contributed by atoms with Crippen molar-refractivity contribution in [1.29, 1.82) is 0 Å². The topological polar surface area (TPSA) is 77.2 Å². The van der Waals surface area contributed by atoms with Crippen LogP contribution in [-0.2, 0) is 16.2 Å². The van der Waals surface area contributed by atoms with Gasteiger partial charge < -0.3 is 14.5 Å². The molecule has 1 heterocycles. The van der Waals surface area contributed by atoms with E-state index in [1.807, 2.05) is 23.1 Å². The normalized spacial score (nSPS) is 14.6. The van der Waals surface area contributed by atoms with Crippen molar-refractivity contribution in [3.8, 4) is 0 Å². The lowest BCUT2D eigenvalue weighted by molar-refractivity contribution is -0.384. The average Bonchev–Trinajstić information content (AvgIpc) is 2.67. The van der Waals surface area contributed by atoms with Gasteiger partial charge in [-0.2, -0.15) is 0 Å². The van der Waals surface area contributed by atoms with Crippen molar-refractivity contribution in [1.82, 2.24) is 0 Å². The Kier molecular flexibility index (Phi) is 6.04. The molecule has 0 amide bonds. The van der Waals surface area contributed by atoms with Gasteiger partial charge >= 0.3 is 0 Å². The molecular formula is C18H18ClN3O4. The number of hydrogen-bond donors (Lipinski definition) is 0. The second-order valence-electron chi connectivity index (χ2n) is 5.70. The molecule has 8 heteroatoms. The largest absolute Gasteiger partial charge is 0.391 e. The molecule has 0 atom stereocenters. The molecule has 2 aromatic rings. The van der Waals surface area contributed by atoms with E-state index < -0.39 is 0 Å². The molecule has 1 fully saturated rings. The van der Waals surface area contributed by atoms with Gasteiger partial charge in [0.25, 0.3) is 5.69 Å². The van der Waals surface area contributed by atoms with Crippen LogP contribution >= 0.6 is 11.6 Å². The molecule has 1 aliphatic heterocycles. The molecule has 0 radical (unpaired) electrons. The van der Waals surface area contributed by atoms with E-state index in [1.54, 1.807) is 18.2 Å². The molecule has 2 aromatic carbocycles. The van der Waals surface area contributed by atoms with Crippen LogP contribution in [0, 0.1) is 10.1 Å². The molecule has 0 unspecified atom stereocenters. The van der Waals surface area contributed by atoms with Gasteiger partial charge in [0.1, 0.15) is 12.3 Å². The number of anilines is 1. The maximum atomic E-state index is 11.4. The number of benzene rings is 2. The maximum Gasteiger partial charge on any atom is 0.293 e. The number of morpholine rings is 1. The standard InChI is InChI=1S/C18H18ClN3O4/c19-16-4-2-1-3-15(16)13-26-20-12-14-5-6-17(18(11-14)22(23)24)21-7-9-25-10-8-21/h1-6,11-12H,7-10,13H2/b20-12-. The van der Waals surface area contributed by atoms with Gasteiger partial charge in [-0.15, -0.1) is 0 Å². The first-order valence-electron chi connectivity index (χ1n) is 8.15. The quantitative estimate of drug-likeness (QED) is 0.437. The highest BCUT2D eigenvalue weighted by Crippen LogP contribution is 2.29. The van der Waals surface area contributed by atoms with Crippen LogP contribution < -0.4 is 4.90 Å². The van der Waals surface area contributed by atoms with Crippen molar-refractivity contribution in [2.24, 2.45) is 5.16 Å². The number of nitro benzene ring substituents is 1. The molecular weight excluding hydrogens is 358 g/mol. The zero-order valence-corrected chi connectivity index (χ0v) is 14.8. The fourth-order valence-corrected chi connectivity index (χ4v) is 2.85. The van der Waals surface area contributed by atoms with Gasteiger partial charge in [0.2, 0.25) is 0 Å². The summed E-state index contributed by atoms with van der Waals surface area (Å²) in [5.41, 5.74) is 2.04. The average molecular weight is 376 g/mol. The third kappa shape index (κ3) is 4.50. The van der Waals surface area contributed by atoms with Crippen LogP contribution in [0.3, 0.4) is 0 Å². The lowest BCUT2D eigenvalue weighted by atomic mass is 10.1. The Morgan fingerprint density at radius 1 is 1.27 bits per heavy atom. The first kappa shape index (κ1) is 18.2. The number of hydrogen-bond acceptors (Lipinski definition) is 6. The van der Waals surface area contributed by atoms with Crippen molar-refractivity contribution in [2.75, 3.05) is 31.2 Å². The molecule has 1 saturated heterocycles. The molecule has 1 aliphatic rings. The summed E-state index contributed by atoms with van der Waals surface area (Å²) in [6.07, 6.45) is 1.45. The minimum absolute atomic E-state index is 0.0435. The second-order valence-corrected chi connectivity index (χ2v) is 6.11. The summed E-state index contributed by atoms with van der Waals surface area (Å²) in [5, 5.41) is 15.9. The van der Waals surface area contributed by atoms with Crippen molar-refractivity contribution < 1.29 is 14.5 Å². The van der Waals surface area contributed by atoms with Gasteiger partial charge in [0, 0.05) is 35.3 Å². The Labute approximate surface area is 155 Å². The van der Waals surface area contributed by atoms with Gasteiger partial charge in [0.05, 0.1) is 24.4 Å². The van der Waals surface area contributed by atoms with Crippen molar-refractivity contribution in [2.45, 2.75) is 6.61 Å². The molecule has 0 spiro atoms. The van der Waals surface area contributed by atoms with E-state index in [0.717, 1.165) is 5.56 Å². The molecule has 0 saturated carbocycles. The van der Waals surface area contributed by atoms with Crippen molar-refractivity contribution in [3.63, 3.8) is 0 Å². The van der Waals surface area contributed by atoms with E-state index in [0.29, 0.717) is 42.6 Å². The van der Waals surface area contributed by atoms with Crippen LogP contribution in [0.2, 0.25) is 5.02 Å². The molecule has 0 aromatic heterocycles. The maximum absolute atomic E-state index is 11.4. The highest BCUT2D eigenvalue weighted by atomic mass is 35.5. The van der Waals surface area contributed by atoms with Gasteiger partial charge in [-0.25, -0.2) is 0 Å². The zero-order valence-electron chi connectivity index (χ0n) is 14.0. The fourth-order valence-electron chi connectivity index (χ4n) is 2.66.